The summed E-state index contributed by atoms with van der Waals surface area (Å²) in [7, 11) is -2.66. The van der Waals surface area contributed by atoms with Gasteiger partial charge in [0.25, 0.3) is 0 Å². The summed E-state index contributed by atoms with van der Waals surface area (Å²) in [4.78, 5) is 61.3. The molecule has 5 fully saturated rings. The first-order chi connectivity index (χ1) is 35.0. The van der Waals surface area contributed by atoms with Gasteiger partial charge < -0.3 is 34.6 Å². The highest BCUT2D eigenvalue weighted by Crippen LogP contribution is 2.54. The number of aromatic nitrogens is 3. The van der Waals surface area contributed by atoms with Crippen LogP contribution in [0.5, 0.6) is 5.75 Å². The van der Waals surface area contributed by atoms with Crippen molar-refractivity contribution < 1.29 is 32.5 Å². The number of anilines is 6. The maximum Gasteiger partial charge on any atom is 0.234 e. The average molecular weight is 1080 g/mol. The zero-order valence-corrected chi connectivity index (χ0v) is 44.7. The smallest absolute Gasteiger partial charge is 0.234 e. The van der Waals surface area contributed by atoms with E-state index >= 15 is 8.78 Å². The van der Waals surface area contributed by atoms with Gasteiger partial charge in [-0.1, -0.05) is 19.9 Å². The molecule has 0 aliphatic carbocycles. The van der Waals surface area contributed by atoms with E-state index in [1.807, 2.05) is 61.8 Å². The van der Waals surface area contributed by atoms with E-state index < -0.39 is 41.9 Å². The predicted molar refractivity (Wildman–Crippen MR) is 286 cm³/mol. The highest BCUT2D eigenvalue weighted by atomic mass is 79.9. The number of benzene rings is 3. The number of amides is 3. The number of piperazine rings is 1. The molecular formula is C54H64BrF2N10O5P. The molecule has 10 rings (SSSR count). The van der Waals surface area contributed by atoms with Crippen LogP contribution in [0, 0.1) is 36.8 Å². The van der Waals surface area contributed by atoms with Gasteiger partial charge in [0.2, 0.25) is 23.7 Å². The minimum absolute atomic E-state index is 0.0214. The Labute approximate surface area is 433 Å². The summed E-state index contributed by atoms with van der Waals surface area (Å²) in [6.45, 7) is 15.9. The molecule has 19 heteroatoms. The molecule has 0 radical (unpaired) electrons. The molecule has 0 bridgehead atoms. The lowest BCUT2D eigenvalue weighted by Gasteiger charge is -2.44. The molecule has 5 aliphatic heterocycles. The zero-order chi connectivity index (χ0) is 51.3. The minimum Gasteiger partial charge on any atom is -0.492 e. The third-order valence-corrected chi connectivity index (χ3v) is 19.7. The van der Waals surface area contributed by atoms with Crippen LogP contribution in [-0.4, -0.2) is 120 Å². The van der Waals surface area contributed by atoms with Gasteiger partial charge in [0.05, 0.1) is 39.8 Å². The number of hydrogen-bond acceptors (Lipinski definition) is 13. The Kier molecular flexibility index (Phi) is 14.3. The molecule has 2 atom stereocenters. The fraction of sp³-hybridized carbons (Fsp3) is 0.481. The van der Waals surface area contributed by atoms with Crippen LogP contribution in [-0.2, 0) is 18.9 Å². The first kappa shape index (κ1) is 50.8. The molecule has 1 unspecified atom stereocenters. The monoisotopic (exact) mass is 1080 g/mol. The number of fused-ring (bicyclic) bond motifs is 1. The summed E-state index contributed by atoms with van der Waals surface area (Å²) >= 11 is 3.66. The topological polar surface area (TPSA) is 165 Å². The van der Waals surface area contributed by atoms with Crippen LogP contribution >= 0.6 is 23.1 Å². The van der Waals surface area contributed by atoms with Gasteiger partial charge in [0.1, 0.15) is 30.3 Å². The maximum absolute atomic E-state index is 15.5. The lowest BCUT2D eigenvalue weighted by atomic mass is 9.81. The molecule has 5 aromatic rings. The van der Waals surface area contributed by atoms with Crippen molar-refractivity contribution in [2.45, 2.75) is 85.1 Å². The second kappa shape index (κ2) is 20.5. The van der Waals surface area contributed by atoms with Crippen molar-refractivity contribution in [3.63, 3.8) is 0 Å². The van der Waals surface area contributed by atoms with E-state index in [1.165, 1.54) is 12.1 Å². The van der Waals surface area contributed by atoms with Crippen LogP contribution in [0.15, 0.2) is 59.2 Å². The van der Waals surface area contributed by atoms with Gasteiger partial charge >= 0.3 is 0 Å². The minimum atomic E-state index is -2.66. The number of rotatable bonds is 12. The Morgan fingerprint density at radius 1 is 0.904 bits per heavy atom. The molecule has 386 valence electrons. The second-order valence-electron chi connectivity index (χ2n) is 21.1. The van der Waals surface area contributed by atoms with Crippen LogP contribution in [0.3, 0.4) is 0 Å². The largest absolute Gasteiger partial charge is 0.492 e. The highest BCUT2D eigenvalue weighted by molar-refractivity contribution is 9.10. The van der Waals surface area contributed by atoms with Crippen molar-refractivity contribution in [2.75, 3.05) is 91.7 Å². The van der Waals surface area contributed by atoms with E-state index in [0.717, 1.165) is 96.4 Å². The summed E-state index contributed by atoms with van der Waals surface area (Å²) in [5.41, 5.74) is 5.02. The molecule has 0 saturated carbocycles. The summed E-state index contributed by atoms with van der Waals surface area (Å²) in [5, 5.41) is 10.9. The Morgan fingerprint density at radius 2 is 1.63 bits per heavy atom. The van der Waals surface area contributed by atoms with Gasteiger partial charge in [-0.25, -0.2) is 13.8 Å². The number of imide groups is 1. The number of hydrogen-bond donors (Lipinski definition) is 3. The van der Waals surface area contributed by atoms with Crippen molar-refractivity contribution in [3.05, 3.63) is 87.7 Å². The van der Waals surface area contributed by atoms with Crippen LogP contribution in [0.4, 0.5) is 43.3 Å². The van der Waals surface area contributed by atoms with Gasteiger partial charge in [0.15, 0.2) is 0 Å². The zero-order valence-electron chi connectivity index (χ0n) is 42.2. The number of piperidine rings is 2. The SMILES string of the molecule is CCOc1cc(N2CCC(N3CCN(C(=O)[C@H]4CN(c5cc(F)c(C6CCC(=O)NC6=O)c(F)c5)CC4(C)C)CC3)CC2)c(C)cc1Nc1ncc(Br)c(Nc2ccc3nc(C)ccc3c2P2(=O)CCCC2)n1. The number of aryl methyl sites for hydroxylation is 2. The van der Waals surface area contributed by atoms with Crippen LogP contribution in [0.25, 0.3) is 10.9 Å². The van der Waals surface area contributed by atoms with Crippen LogP contribution in [0.1, 0.15) is 82.0 Å². The van der Waals surface area contributed by atoms with Gasteiger partial charge in [-0.05, 0) is 116 Å². The van der Waals surface area contributed by atoms with Crippen molar-refractivity contribution >= 4 is 91.5 Å². The van der Waals surface area contributed by atoms with Gasteiger partial charge in [-0.15, -0.1) is 0 Å². The number of ether oxygens (including phenoxy) is 1. The molecule has 5 saturated heterocycles. The summed E-state index contributed by atoms with van der Waals surface area (Å²) in [5.74, 6) is -2.54. The lowest BCUT2D eigenvalue weighted by molar-refractivity contribution is -0.140. The molecule has 2 aromatic heterocycles. The number of carbonyl (C=O) groups excluding carboxylic acids is 3. The molecule has 3 aromatic carbocycles. The van der Waals surface area contributed by atoms with Gasteiger partial charge in [0, 0.05) is 123 Å². The van der Waals surface area contributed by atoms with E-state index in [4.69, 9.17) is 14.7 Å². The van der Waals surface area contributed by atoms with Crippen molar-refractivity contribution in [1.82, 2.24) is 30.1 Å². The van der Waals surface area contributed by atoms with Gasteiger partial charge in [-0.2, -0.15) is 4.98 Å². The fourth-order valence-electron chi connectivity index (χ4n) is 11.9. The molecular weight excluding hydrogens is 1020 g/mol. The Balaban J connectivity index is 0.758. The number of nitrogens with one attached hydrogen (secondary N) is 3. The van der Waals surface area contributed by atoms with E-state index in [-0.39, 0.29) is 30.2 Å². The fourth-order valence-corrected chi connectivity index (χ4v) is 15.5. The van der Waals surface area contributed by atoms with E-state index in [0.29, 0.717) is 78.8 Å². The summed E-state index contributed by atoms with van der Waals surface area (Å²) in [6.07, 6.45) is 6.97. The molecule has 5 aliphatic rings. The van der Waals surface area contributed by atoms with Crippen molar-refractivity contribution in [1.29, 1.82) is 0 Å². The molecule has 73 heavy (non-hydrogen) atoms. The molecule has 3 amide bonds. The maximum atomic E-state index is 15.5. The number of pyridine rings is 1. The van der Waals surface area contributed by atoms with E-state index in [1.54, 1.807) is 6.20 Å². The Morgan fingerprint density at radius 3 is 2.33 bits per heavy atom. The lowest BCUT2D eigenvalue weighted by Crippen LogP contribution is -2.56. The van der Waals surface area contributed by atoms with Crippen molar-refractivity contribution in [3.8, 4) is 5.75 Å². The number of carbonyl (C=O) groups is 3. The van der Waals surface area contributed by atoms with E-state index in [2.05, 4.69) is 65.7 Å². The highest BCUT2D eigenvalue weighted by Gasteiger charge is 2.46. The Bertz CT molecular complexity index is 3000. The normalized spacial score (nSPS) is 21.5. The third kappa shape index (κ3) is 10.3. The number of halogens is 3. The Hall–Kier alpha value is -5.71. The first-order valence-corrected chi connectivity index (χ1v) is 28.5. The first-order valence-electron chi connectivity index (χ1n) is 25.7. The van der Waals surface area contributed by atoms with E-state index in [9.17, 15) is 18.9 Å². The standard InChI is InChI=1S/C54H64BrF2N10O5P/c1-6-72-46-28-45(32(2)25-44(46)61-53-58-29-39(55)50(63-53)60-43-13-12-42-36(10-9-33(3)59-42)49(43)73(71)23-7-8-24-73)65-17-15-34(16-18-65)64-19-21-66(22-20-64)52(70)38-30-67(31-54(38,4)5)35-26-40(56)48(41(57)27-35)37-11-14-47(68)62-51(37)69/h9-10,12-13,25-29,34,37-38H,6-8,11,14-24,30-31H2,1-5H3,(H,62,68,69)(H2,58,60,61,63)/t37?,38-/m1/s1. The second-order valence-corrected chi connectivity index (χ2v) is 25.0. The molecule has 3 N–H and O–H groups in total. The van der Waals surface area contributed by atoms with Crippen LogP contribution < -0.4 is 35.8 Å². The molecule has 0 spiro atoms. The number of nitrogens with zero attached hydrogens (tertiary/aromatic N) is 7. The summed E-state index contributed by atoms with van der Waals surface area (Å²) in [6, 6.07) is 15.0. The predicted octanol–water partition coefficient (Wildman–Crippen LogP) is 9.15. The van der Waals surface area contributed by atoms with Crippen molar-refractivity contribution in [2.24, 2.45) is 11.3 Å². The van der Waals surface area contributed by atoms with Crippen LogP contribution in [0.2, 0.25) is 0 Å². The quantitative estimate of drug-likeness (QED) is 0.0801. The third-order valence-electron chi connectivity index (χ3n) is 15.7. The molecule has 15 nitrogen and oxygen atoms in total. The molecule has 7 heterocycles. The summed E-state index contributed by atoms with van der Waals surface area (Å²) < 4.78 is 52.4. The van der Waals surface area contributed by atoms with Gasteiger partial charge in [-0.3, -0.25) is 29.6 Å². The average Bonchev–Trinajstić information content (AvgIpc) is 3.95.